The normalized spacial score (nSPS) is 19.9. The number of benzene rings is 1. The summed E-state index contributed by atoms with van der Waals surface area (Å²) >= 11 is 5.96. The molecule has 5 N–H and O–H groups in total. The SMILES string of the molecule is NC(C1CCCC1)C(O)c1cc(O)c(O)cc1Cl. The van der Waals surface area contributed by atoms with Gasteiger partial charge < -0.3 is 21.1 Å². The maximum Gasteiger partial charge on any atom is 0.158 e. The van der Waals surface area contributed by atoms with Crippen molar-refractivity contribution >= 4 is 11.6 Å². The predicted molar refractivity (Wildman–Crippen MR) is 69.7 cm³/mol. The van der Waals surface area contributed by atoms with E-state index in [-0.39, 0.29) is 22.4 Å². The van der Waals surface area contributed by atoms with E-state index in [1.165, 1.54) is 12.1 Å². The van der Waals surface area contributed by atoms with Gasteiger partial charge in [0.15, 0.2) is 11.5 Å². The van der Waals surface area contributed by atoms with Gasteiger partial charge in [-0.2, -0.15) is 0 Å². The largest absolute Gasteiger partial charge is 0.504 e. The second-order valence-corrected chi connectivity index (χ2v) is 5.34. The van der Waals surface area contributed by atoms with E-state index in [4.69, 9.17) is 17.3 Å². The van der Waals surface area contributed by atoms with Crippen molar-refractivity contribution in [2.45, 2.75) is 37.8 Å². The Labute approximate surface area is 111 Å². The van der Waals surface area contributed by atoms with Crippen LogP contribution in [-0.2, 0) is 0 Å². The first-order valence-corrected chi connectivity index (χ1v) is 6.53. The number of phenolic OH excluding ortho intramolecular Hbond substituents is 2. The van der Waals surface area contributed by atoms with E-state index < -0.39 is 12.1 Å². The smallest absolute Gasteiger partial charge is 0.158 e. The van der Waals surface area contributed by atoms with E-state index in [9.17, 15) is 15.3 Å². The zero-order chi connectivity index (χ0) is 13.3. The van der Waals surface area contributed by atoms with Crippen LogP contribution < -0.4 is 5.73 Å². The third-order valence-electron chi connectivity index (χ3n) is 3.72. The van der Waals surface area contributed by atoms with E-state index in [1.807, 2.05) is 0 Å². The Kier molecular flexibility index (Phi) is 4.00. The molecule has 1 aliphatic rings. The molecule has 0 amide bonds. The van der Waals surface area contributed by atoms with Gasteiger partial charge in [-0.15, -0.1) is 0 Å². The van der Waals surface area contributed by atoms with E-state index in [0.29, 0.717) is 5.56 Å². The lowest BCUT2D eigenvalue weighted by Crippen LogP contribution is -2.35. The van der Waals surface area contributed by atoms with Crippen molar-refractivity contribution < 1.29 is 15.3 Å². The second-order valence-electron chi connectivity index (χ2n) is 4.93. The Morgan fingerprint density at radius 2 is 1.72 bits per heavy atom. The minimum Gasteiger partial charge on any atom is -0.504 e. The number of halogens is 1. The van der Waals surface area contributed by atoms with Crippen LogP contribution in [0, 0.1) is 5.92 Å². The summed E-state index contributed by atoms with van der Waals surface area (Å²) in [5.41, 5.74) is 6.43. The van der Waals surface area contributed by atoms with Crippen LogP contribution in [0.1, 0.15) is 37.4 Å². The van der Waals surface area contributed by atoms with Crippen LogP contribution in [0.5, 0.6) is 11.5 Å². The number of hydrogen-bond donors (Lipinski definition) is 4. The second kappa shape index (κ2) is 5.34. The Bertz CT molecular complexity index is 432. The van der Waals surface area contributed by atoms with Gasteiger partial charge in [-0.25, -0.2) is 0 Å². The molecule has 0 aromatic heterocycles. The number of phenols is 2. The molecule has 0 spiro atoms. The summed E-state index contributed by atoms with van der Waals surface area (Å²) in [7, 11) is 0. The molecule has 0 aliphatic heterocycles. The number of hydrogen-bond acceptors (Lipinski definition) is 4. The van der Waals surface area contributed by atoms with Gasteiger partial charge in [0.05, 0.1) is 11.1 Å². The molecule has 1 saturated carbocycles. The number of aliphatic hydroxyl groups excluding tert-OH is 1. The number of rotatable bonds is 3. The zero-order valence-corrected chi connectivity index (χ0v) is 10.8. The molecular weight excluding hydrogens is 254 g/mol. The molecule has 0 radical (unpaired) electrons. The molecule has 1 fully saturated rings. The third kappa shape index (κ3) is 2.55. The standard InChI is InChI=1S/C13H18ClNO3/c14-9-6-11(17)10(16)5-8(9)13(18)12(15)7-3-1-2-4-7/h5-7,12-13,16-18H,1-4,15H2. The molecule has 1 aliphatic carbocycles. The van der Waals surface area contributed by atoms with Crippen LogP contribution in [0.25, 0.3) is 0 Å². The summed E-state index contributed by atoms with van der Waals surface area (Å²) in [5.74, 6) is -0.315. The summed E-state index contributed by atoms with van der Waals surface area (Å²) in [6, 6.07) is 2.10. The fraction of sp³-hybridized carbons (Fsp3) is 0.538. The molecular formula is C13H18ClNO3. The maximum atomic E-state index is 10.2. The van der Waals surface area contributed by atoms with Gasteiger partial charge in [-0.1, -0.05) is 24.4 Å². The van der Waals surface area contributed by atoms with Gasteiger partial charge in [0.2, 0.25) is 0 Å². The van der Waals surface area contributed by atoms with Crippen molar-refractivity contribution in [1.29, 1.82) is 0 Å². The van der Waals surface area contributed by atoms with Crippen LogP contribution in [0.3, 0.4) is 0 Å². The summed E-state index contributed by atoms with van der Waals surface area (Å²) < 4.78 is 0. The number of aromatic hydroxyl groups is 2. The Morgan fingerprint density at radius 3 is 2.33 bits per heavy atom. The maximum absolute atomic E-state index is 10.2. The van der Waals surface area contributed by atoms with E-state index >= 15 is 0 Å². The molecule has 2 rings (SSSR count). The van der Waals surface area contributed by atoms with Gasteiger partial charge in [0.25, 0.3) is 0 Å². The van der Waals surface area contributed by atoms with Gasteiger partial charge in [0, 0.05) is 17.7 Å². The van der Waals surface area contributed by atoms with Crippen molar-refractivity contribution in [2.24, 2.45) is 11.7 Å². The van der Waals surface area contributed by atoms with Crippen molar-refractivity contribution in [3.63, 3.8) is 0 Å². The monoisotopic (exact) mass is 271 g/mol. The highest BCUT2D eigenvalue weighted by Crippen LogP contribution is 2.38. The highest BCUT2D eigenvalue weighted by molar-refractivity contribution is 6.31. The van der Waals surface area contributed by atoms with Crippen LogP contribution in [0.4, 0.5) is 0 Å². The molecule has 1 aromatic carbocycles. The summed E-state index contributed by atoms with van der Waals surface area (Å²) in [6.07, 6.45) is 3.38. The van der Waals surface area contributed by atoms with E-state index in [1.54, 1.807) is 0 Å². The third-order valence-corrected chi connectivity index (χ3v) is 4.05. The quantitative estimate of drug-likeness (QED) is 0.636. The van der Waals surface area contributed by atoms with Crippen molar-refractivity contribution in [2.75, 3.05) is 0 Å². The average Bonchev–Trinajstić information content (AvgIpc) is 2.85. The molecule has 100 valence electrons. The van der Waals surface area contributed by atoms with Gasteiger partial charge in [0.1, 0.15) is 0 Å². The van der Waals surface area contributed by atoms with Crippen LogP contribution in [0.15, 0.2) is 12.1 Å². The first-order chi connectivity index (χ1) is 8.50. The fourth-order valence-corrected chi connectivity index (χ4v) is 2.87. The highest BCUT2D eigenvalue weighted by atomic mass is 35.5. The molecule has 5 heteroatoms. The van der Waals surface area contributed by atoms with Crippen LogP contribution >= 0.6 is 11.6 Å². The molecule has 2 atom stereocenters. The molecule has 4 nitrogen and oxygen atoms in total. The topological polar surface area (TPSA) is 86.7 Å². The molecule has 2 unspecified atom stereocenters. The lowest BCUT2D eigenvalue weighted by molar-refractivity contribution is 0.118. The molecule has 18 heavy (non-hydrogen) atoms. The lowest BCUT2D eigenvalue weighted by Gasteiger charge is -2.25. The van der Waals surface area contributed by atoms with Crippen molar-refractivity contribution in [1.82, 2.24) is 0 Å². The van der Waals surface area contributed by atoms with Crippen molar-refractivity contribution in [3.05, 3.63) is 22.7 Å². The summed E-state index contributed by atoms with van der Waals surface area (Å²) in [6.45, 7) is 0. The highest BCUT2D eigenvalue weighted by Gasteiger charge is 2.30. The summed E-state index contributed by atoms with van der Waals surface area (Å²) in [4.78, 5) is 0. The van der Waals surface area contributed by atoms with Crippen LogP contribution in [-0.4, -0.2) is 21.4 Å². The van der Waals surface area contributed by atoms with Gasteiger partial charge >= 0.3 is 0 Å². The van der Waals surface area contributed by atoms with E-state index in [0.717, 1.165) is 25.7 Å². The molecule has 1 aromatic rings. The molecule has 0 saturated heterocycles. The minimum atomic E-state index is -0.924. The Hall–Kier alpha value is -0.970. The predicted octanol–water partition coefficient (Wildman–Crippen LogP) is 2.30. The summed E-state index contributed by atoms with van der Waals surface area (Å²) in [5, 5.41) is 29.2. The fourth-order valence-electron chi connectivity index (χ4n) is 2.60. The number of nitrogens with two attached hydrogens (primary N) is 1. The lowest BCUT2D eigenvalue weighted by atomic mass is 9.90. The molecule has 0 heterocycles. The number of aliphatic hydroxyl groups is 1. The van der Waals surface area contributed by atoms with E-state index in [2.05, 4.69) is 0 Å². The van der Waals surface area contributed by atoms with Crippen molar-refractivity contribution in [3.8, 4) is 11.5 Å². The first kappa shape index (κ1) is 13.5. The average molecular weight is 272 g/mol. The minimum absolute atomic E-state index is 0.214. The Morgan fingerprint density at radius 1 is 1.17 bits per heavy atom. The first-order valence-electron chi connectivity index (χ1n) is 6.15. The Balaban J connectivity index is 2.22. The van der Waals surface area contributed by atoms with Gasteiger partial charge in [-0.05, 0) is 24.8 Å². The molecule has 0 bridgehead atoms. The zero-order valence-electron chi connectivity index (χ0n) is 10.0. The van der Waals surface area contributed by atoms with Crippen LogP contribution in [0.2, 0.25) is 5.02 Å². The van der Waals surface area contributed by atoms with Gasteiger partial charge in [-0.3, -0.25) is 0 Å².